The van der Waals surface area contributed by atoms with Gasteiger partial charge < -0.3 is 10.8 Å². The van der Waals surface area contributed by atoms with E-state index in [1.807, 2.05) is 0 Å². The summed E-state index contributed by atoms with van der Waals surface area (Å²) < 4.78 is 26.7. The van der Waals surface area contributed by atoms with Crippen molar-refractivity contribution < 1.29 is 13.5 Å². The molecular formula is C13H19BrN2O3S. The van der Waals surface area contributed by atoms with Gasteiger partial charge in [-0.05, 0) is 47.0 Å². The van der Waals surface area contributed by atoms with E-state index in [-0.39, 0.29) is 11.4 Å². The Labute approximate surface area is 128 Å². The molecule has 3 N–H and O–H groups in total. The van der Waals surface area contributed by atoms with Crippen LogP contribution in [0.5, 0.6) is 0 Å². The Morgan fingerprint density at radius 3 is 2.55 bits per heavy atom. The van der Waals surface area contributed by atoms with Crippen molar-refractivity contribution >= 4 is 31.6 Å². The lowest BCUT2D eigenvalue weighted by atomic mass is 10.0. The highest BCUT2D eigenvalue weighted by Gasteiger charge is 2.36. The van der Waals surface area contributed by atoms with Crippen molar-refractivity contribution in [2.45, 2.75) is 36.2 Å². The molecule has 0 atom stereocenters. The average Bonchev–Trinajstić information content (AvgIpc) is 2.75. The predicted molar refractivity (Wildman–Crippen MR) is 81.8 cm³/mol. The largest absolute Gasteiger partial charge is 0.399 e. The van der Waals surface area contributed by atoms with E-state index in [4.69, 9.17) is 5.73 Å². The second-order valence-corrected chi connectivity index (χ2v) is 8.25. The van der Waals surface area contributed by atoms with Crippen molar-refractivity contribution in [3.63, 3.8) is 0 Å². The SMILES string of the molecule is CN(CC1(O)CCCC1)S(=O)(=O)c1ccc(N)cc1Br. The Balaban J connectivity index is 2.25. The van der Waals surface area contributed by atoms with Crippen LogP contribution >= 0.6 is 15.9 Å². The number of aliphatic hydroxyl groups is 1. The summed E-state index contributed by atoms with van der Waals surface area (Å²) in [5.74, 6) is 0. The molecular weight excluding hydrogens is 344 g/mol. The number of hydrogen-bond donors (Lipinski definition) is 2. The highest BCUT2D eigenvalue weighted by atomic mass is 79.9. The van der Waals surface area contributed by atoms with Crippen molar-refractivity contribution in [1.29, 1.82) is 0 Å². The molecule has 0 spiro atoms. The summed E-state index contributed by atoms with van der Waals surface area (Å²) in [4.78, 5) is 0.163. The van der Waals surface area contributed by atoms with Gasteiger partial charge in [-0.1, -0.05) is 12.8 Å². The monoisotopic (exact) mass is 362 g/mol. The maximum Gasteiger partial charge on any atom is 0.244 e. The van der Waals surface area contributed by atoms with Gasteiger partial charge in [0.2, 0.25) is 10.0 Å². The molecule has 0 amide bonds. The minimum atomic E-state index is -3.64. The molecule has 20 heavy (non-hydrogen) atoms. The summed E-state index contributed by atoms with van der Waals surface area (Å²) in [5, 5.41) is 10.3. The molecule has 2 rings (SSSR count). The smallest absolute Gasteiger partial charge is 0.244 e. The highest BCUT2D eigenvalue weighted by Crippen LogP contribution is 2.32. The molecule has 1 aliphatic rings. The fraction of sp³-hybridized carbons (Fsp3) is 0.538. The number of hydrogen-bond acceptors (Lipinski definition) is 4. The first-order valence-electron chi connectivity index (χ1n) is 6.48. The van der Waals surface area contributed by atoms with E-state index in [2.05, 4.69) is 15.9 Å². The minimum Gasteiger partial charge on any atom is -0.399 e. The fourth-order valence-corrected chi connectivity index (χ4v) is 4.89. The third-order valence-electron chi connectivity index (χ3n) is 3.70. The number of benzene rings is 1. The second-order valence-electron chi connectivity index (χ2n) is 5.38. The van der Waals surface area contributed by atoms with E-state index in [0.29, 0.717) is 23.0 Å². The van der Waals surface area contributed by atoms with Crippen LogP contribution < -0.4 is 5.73 Å². The molecule has 1 saturated carbocycles. The van der Waals surface area contributed by atoms with Crippen molar-refractivity contribution in [1.82, 2.24) is 4.31 Å². The molecule has 5 nitrogen and oxygen atoms in total. The summed E-state index contributed by atoms with van der Waals surface area (Å²) in [5.41, 5.74) is 5.21. The zero-order valence-electron chi connectivity index (χ0n) is 11.3. The molecule has 1 aromatic carbocycles. The molecule has 0 aliphatic heterocycles. The van der Waals surface area contributed by atoms with Crippen LogP contribution in [0, 0.1) is 0 Å². The minimum absolute atomic E-state index is 0.117. The molecule has 112 valence electrons. The number of likely N-dealkylation sites (N-methyl/N-ethyl adjacent to an activating group) is 1. The Kier molecular flexibility index (Phi) is 4.44. The Hall–Kier alpha value is -0.630. The first-order chi connectivity index (χ1) is 9.24. The van der Waals surface area contributed by atoms with Gasteiger partial charge in [0.15, 0.2) is 0 Å². The average molecular weight is 363 g/mol. The molecule has 7 heteroatoms. The number of nitrogens with two attached hydrogens (primary N) is 1. The van der Waals surface area contributed by atoms with E-state index >= 15 is 0 Å². The van der Waals surface area contributed by atoms with Crippen molar-refractivity contribution in [2.75, 3.05) is 19.3 Å². The van der Waals surface area contributed by atoms with Gasteiger partial charge in [0.25, 0.3) is 0 Å². The van der Waals surface area contributed by atoms with Crippen LogP contribution in [0.2, 0.25) is 0 Å². The van der Waals surface area contributed by atoms with Gasteiger partial charge in [-0.3, -0.25) is 0 Å². The Morgan fingerprint density at radius 1 is 1.40 bits per heavy atom. The molecule has 0 radical (unpaired) electrons. The van der Waals surface area contributed by atoms with Gasteiger partial charge in [0.05, 0.1) is 10.5 Å². The fourth-order valence-electron chi connectivity index (χ4n) is 2.58. The van der Waals surface area contributed by atoms with Crippen LogP contribution in [-0.4, -0.2) is 37.0 Å². The molecule has 0 unspecified atom stereocenters. The van der Waals surface area contributed by atoms with Crippen LogP contribution in [0.3, 0.4) is 0 Å². The molecule has 1 aliphatic carbocycles. The van der Waals surface area contributed by atoms with Crippen LogP contribution in [0.4, 0.5) is 5.69 Å². The standard InChI is InChI=1S/C13H19BrN2O3S/c1-16(9-13(17)6-2-3-7-13)20(18,19)12-5-4-10(15)8-11(12)14/h4-5,8,17H,2-3,6-7,9,15H2,1H3. The van der Waals surface area contributed by atoms with Crippen LogP contribution in [-0.2, 0) is 10.0 Å². The molecule has 0 heterocycles. The third kappa shape index (κ3) is 3.16. The first-order valence-corrected chi connectivity index (χ1v) is 8.72. The zero-order chi connectivity index (χ0) is 15.0. The molecule has 0 bridgehead atoms. The maximum atomic E-state index is 12.5. The first kappa shape index (κ1) is 15.8. The molecule has 0 aromatic heterocycles. The molecule has 1 aromatic rings. The van der Waals surface area contributed by atoms with Crippen LogP contribution in [0.15, 0.2) is 27.6 Å². The van der Waals surface area contributed by atoms with Gasteiger partial charge in [0.1, 0.15) is 0 Å². The van der Waals surface area contributed by atoms with Crippen molar-refractivity contribution in [3.05, 3.63) is 22.7 Å². The number of rotatable bonds is 4. The van der Waals surface area contributed by atoms with Crippen molar-refractivity contribution in [3.8, 4) is 0 Å². The van der Waals surface area contributed by atoms with Gasteiger partial charge >= 0.3 is 0 Å². The lowest BCUT2D eigenvalue weighted by molar-refractivity contribution is 0.0333. The van der Waals surface area contributed by atoms with E-state index in [1.54, 1.807) is 12.1 Å². The topological polar surface area (TPSA) is 83.6 Å². The molecule has 0 saturated heterocycles. The van der Waals surface area contributed by atoms with Gasteiger partial charge in [-0.15, -0.1) is 0 Å². The van der Waals surface area contributed by atoms with Crippen LogP contribution in [0.1, 0.15) is 25.7 Å². The van der Waals surface area contributed by atoms with Crippen LogP contribution in [0.25, 0.3) is 0 Å². The van der Waals surface area contributed by atoms with Gasteiger partial charge in [-0.2, -0.15) is 4.31 Å². The highest BCUT2D eigenvalue weighted by molar-refractivity contribution is 9.10. The second kappa shape index (κ2) is 5.63. The predicted octanol–water partition coefficient (Wildman–Crippen LogP) is 1.96. The number of nitrogen functional groups attached to an aromatic ring is 1. The van der Waals surface area contributed by atoms with E-state index in [1.165, 1.54) is 17.4 Å². The molecule has 1 fully saturated rings. The van der Waals surface area contributed by atoms with Crippen molar-refractivity contribution in [2.24, 2.45) is 0 Å². The quantitative estimate of drug-likeness (QED) is 0.801. The maximum absolute atomic E-state index is 12.5. The van der Waals surface area contributed by atoms with Gasteiger partial charge in [0, 0.05) is 23.8 Å². The van der Waals surface area contributed by atoms with E-state index < -0.39 is 15.6 Å². The normalized spacial score (nSPS) is 18.6. The van der Waals surface area contributed by atoms with E-state index in [0.717, 1.165) is 12.8 Å². The summed E-state index contributed by atoms with van der Waals surface area (Å²) in [6, 6.07) is 4.59. The summed E-state index contributed by atoms with van der Waals surface area (Å²) >= 11 is 3.23. The summed E-state index contributed by atoms with van der Waals surface area (Å²) in [7, 11) is -2.15. The third-order valence-corrected chi connectivity index (χ3v) is 6.48. The van der Waals surface area contributed by atoms with E-state index in [9.17, 15) is 13.5 Å². The Morgan fingerprint density at radius 2 is 2.00 bits per heavy atom. The summed E-state index contributed by atoms with van der Waals surface area (Å²) in [6.07, 6.45) is 3.18. The number of halogens is 1. The Bertz CT molecular complexity index is 598. The van der Waals surface area contributed by atoms with Gasteiger partial charge in [-0.25, -0.2) is 8.42 Å². The lowest BCUT2D eigenvalue weighted by Crippen LogP contribution is -2.42. The lowest BCUT2D eigenvalue weighted by Gasteiger charge is -2.28. The number of sulfonamides is 1. The zero-order valence-corrected chi connectivity index (χ0v) is 13.7. The number of nitrogens with zero attached hydrogens (tertiary/aromatic N) is 1. The number of anilines is 1. The summed E-state index contributed by atoms with van der Waals surface area (Å²) in [6.45, 7) is 0.117.